The first kappa shape index (κ1) is 15.8. The average molecular weight is 314 g/mol. The van der Waals surface area contributed by atoms with Crippen molar-refractivity contribution in [1.29, 1.82) is 0 Å². The van der Waals surface area contributed by atoms with E-state index >= 15 is 0 Å². The summed E-state index contributed by atoms with van der Waals surface area (Å²) in [5.41, 5.74) is 0.468. The first-order chi connectivity index (χ1) is 10.6. The molecule has 1 spiro atoms. The van der Waals surface area contributed by atoms with Gasteiger partial charge in [0.15, 0.2) is 0 Å². The minimum Gasteiger partial charge on any atom is -0.364 e. The molecule has 0 aliphatic carbocycles. The molecule has 1 aromatic carbocycles. The van der Waals surface area contributed by atoms with E-state index in [2.05, 4.69) is 5.32 Å². The zero-order valence-corrected chi connectivity index (χ0v) is 12.4. The molecule has 0 bridgehead atoms. The van der Waals surface area contributed by atoms with Crippen LogP contribution < -0.4 is 5.32 Å². The smallest absolute Gasteiger partial charge is 0.251 e. The third-order valence-corrected chi connectivity index (χ3v) is 4.48. The molecule has 2 aliphatic heterocycles. The van der Waals surface area contributed by atoms with Gasteiger partial charge in [-0.2, -0.15) is 0 Å². The molecule has 3 rings (SSSR count). The number of nitrogens with zero attached hydrogens (tertiary/aromatic N) is 1. The first-order valence-corrected chi connectivity index (χ1v) is 7.71. The molecule has 22 heavy (non-hydrogen) atoms. The van der Waals surface area contributed by atoms with Gasteiger partial charge in [-0.3, -0.25) is 4.90 Å². The lowest BCUT2D eigenvalue weighted by Crippen LogP contribution is -2.57. The van der Waals surface area contributed by atoms with Crippen LogP contribution in [0.1, 0.15) is 24.5 Å². The van der Waals surface area contributed by atoms with Crippen LogP contribution in [-0.4, -0.2) is 49.7 Å². The van der Waals surface area contributed by atoms with Gasteiger partial charge in [-0.1, -0.05) is 12.1 Å². The molecule has 1 aromatic rings. The third-order valence-electron chi connectivity index (χ3n) is 4.48. The molecule has 3 nitrogen and oxygen atoms in total. The van der Waals surface area contributed by atoms with Crippen LogP contribution in [-0.2, 0) is 4.74 Å². The lowest BCUT2D eigenvalue weighted by Gasteiger charge is -2.48. The number of rotatable bonds is 3. The number of benzene rings is 1. The van der Waals surface area contributed by atoms with E-state index in [4.69, 9.17) is 4.74 Å². The number of ether oxygens (including phenoxy) is 1. The number of nitrogens with one attached hydrogen (secondary N) is 1. The zero-order valence-electron chi connectivity index (χ0n) is 12.4. The van der Waals surface area contributed by atoms with Crippen LogP contribution in [0.5, 0.6) is 0 Å². The van der Waals surface area contributed by atoms with E-state index in [0.717, 1.165) is 31.5 Å². The fraction of sp³-hybridized carbons (Fsp3) is 0.625. The summed E-state index contributed by atoms with van der Waals surface area (Å²) < 4.78 is 45.0. The summed E-state index contributed by atoms with van der Waals surface area (Å²) >= 11 is 0. The van der Waals surface area contributed by atoms with Gasteiger partial charge in [0.25, 0.3) is 6.43 Å². The highest BCUT2D eigenvalue weighted by Crippen LogP contribution is 2.36. The van der Waals surface area contributed by atoms with Gasteiger partial charge in [-0.25, -0.2) is 13.2 Å². The molecular weight excluding hydrogens is 293 g/mol. The fourth-order valence-corrected chi connectivity index (χ4v) is 3.43. The fourth-order valence-electron chi connectivity index (χ4n) is 3.43. The van der Waals surface area contributed by atoms with E-state index in [1.54, 1.807) is 17.0 Å². The Balaban J connectivity index is 1.80. The van der Waals surface area contributed by atoms with Gasteiger partial charge in [-0.15, -0.1) is 0 Å². The summed E-state index contributed by atoms with van der Waals surface area (Å²) in [4.78, 5) is 1.79. The Morgan fingerprint density at radius 3 is 2.55 bits per heavy atom. The molecule has 2 aliphatic rings. The summed E-state index contributed by atoms with van der Waals surface area (Å²) in [6.45, 7) is 2.38. The highest BCUT2D eigenvalue weighted by molar-refractivity contribution is 5.20. The van der Waals surface area contributed by atoms with Gasteiger partial charge in [-0.05, 0) is 43.6 Å². The van der Waals surface area contributed by atoms with Gasteiger partial charge in [0.05, 0.1) is 18.2 Å². The summed E-state index contributed by atoms with van der Waals surface area (Å²) in [7, 11) is 0. The maximum Gasteiger partial charge on any atom is 0.251 e. The van der Waals surface area contributed by atoms with Crippen molar-refractivity contribution in [2.45, 2.75) is 31.0 Å². The maximum absolute atomic E-state index is 13.1. The van der Waals surface area contributed by atoms with E-state index < -0.39 is 6.43 Å². The Morgan fingerprint density at radius 2 is 1.91 bits per heavy atom. The topological polar surface area (TPSA) is 24.5 Å². The highest BCUT2D eigenvalue weighted by atomic mass is 19.3. The lowest BCUT2D eigenvalue weighted by molar-refractivity contribution is -0.173. The van der Waals surface area contributed by atoms with Crippen molar-refractivity contribution >= 4 is 0 Å². The number of hydrogen-bond donors (Lipinski definition) is 1. The molecule has 6 heteroatoms. The molecular formula is C16H21F3N2O. The number of piperidine rings is 1. The molecule has 122 valence electrons. The zero-order chi connectivity index (χ0) is 15.6. The number of halogens is 3. The minimum absolute atomic E-state index is 0.240. The molecule has 0 saturated carbocycles. The van der Waals surface area contributed by atoms with Crippen LogP contribution in [0.4, 0.5) is 13.2 Å². The number of hydrogen-bond acceptors (Lipinski definition) is 3. The summed E-state index contributed by atoms with van der Waals surface area (Å²) in [5, 5.41) is 3.28. The third kappa shape index (κ3) is 3.62. The second-order valence-electron chi connectivity index (χ2n) is 6.18. The van der Waals surface area contributed by atoms with Gasteiger partial charge >= 0.3 is 0 Å². The average Bonchev–Trinajstić information content (AvgIpc) is 2.47. The van der Waals surface area contributed by atoms with Crippen molar-refractivity contribution in [3.8, 4) is 0 Å². The van der Waals surface area contributed by atoms with E-state index in [0.29, 0.717) is 13.1 Å². The Bertz CT molecular complexity index is 489. The standard InChI is InChI=1S/C16H21F3N2O/c17-13-3-1-12(2-4-13)14-9-21(10-15(18)19)11-16(22-14)5-7-20-8-6-16/h1-4,14-15,20H,5-11H2. The largest absolute Gasteiger partial charge is 0.364 e. The van der Waals surface area contributed by atoms with E-state index in [9.17, 15) is 13.2 Å². The molecule has 2 saturated heterocycles. The Labute approximate surface area is 128 Å². The van der Waals surface area contributed by atoms with Crippen molar-refractivity contribution in [2.24, 2.45) is 0 Å². The van der Waals surface area contributed by atoms with Crippen molar-refractivity contribution in [1.82, 2.24) is 10.2 Å². The van der Waals surface area contributed by atoms with Crippen molar-refractivity contribution in [3.63, 3.8) is 0 Å². The minimum atomic E-state index is -2.36. The molecule has 1 atom stereocenters. The van der Waals surface area contributed by atoms with Crippen LogP contribution in [0, 0.1) is 5.82 Å². The van der Waals surface area contributed by atoms with Gasteiger partial charge in [0.2, 0.25) is 0 Å². The molecule has 2 fully saturated rings. The number of morpholine rings is 1. The lowest BCUT2D eigenvalue weighted by atomic mass is 9.88. The van der Waals surface area contributed by atoms with Crippen LogP contribution in [0.25, 0.3) is 0 Å². The molecule has 0 aromatic heterocycles. The quantitative estimate of drug-likeness (QED) is 0.928. The summed E-state index contributed by atoms with van der Waals surface area (Å²) in [6.07, 6.45) is -1.02. The van der Waals surface area contributed by atoms with Gasteiger partial charge < -0.3 is 10.1 Å². The van der Waals surface area contributed by atoms with Crippen LogP contribution in [0.3, 0.4) is 0 Å². The van der Waals surface area contributed by atoms with Crippen molar-refractivity contribution < 1.29 is 17.9 Å². The predicted molar refractivity (Wildman–Crippen MR) is 77.5 cm³/mol. The van der Waals surface area contributed by atoms with Gasteiger partial charge in [0, 0.05) is 13.1 Å². The monoisotopic (exact) mass is 314 g/mol. The molecule has 0 radical (unpaired) electrons. The highest BCUT2D eigenvalue weighted by Gasteiger charge is 2.42. The Kier molecular flexibility index (Phi) is 4.70. The van der Waals surface area contributed by atoms with Crippen LogP contribution in [0.15, 0.2) is 24.3 Å². The molecule has 1 N–H and O–H groups in total. The predicted octanol–water partition coefficient (Wildman–Crippen LogP) is 2.59. The second-order valence-corrected chi connectivity index (χ2v) is 6.18. The van der Waals surface area contributed by atoms with Crippen LogP contribution >= 0.6 is 0 Å². The van der Waals surface area contributed by atoms with E-state index in [-0.39, 0.29) is 24.1 Å². The van der Waals surface area contributed by atoms with E-state index in [1.165, 1.54) is 12.1 Å². The number of alkyl halides is 2. The Hall–Kier alpha value is -1.11. The van der Waals surface area contributed by atoms with Crippen LogP contribution in [0.2, 0.25) is 0 Å². The maximum atomic E-state index is 13.1. The van der Waals surface area contributed by atoms with Crippen molar-refractivity contribution in [3.05, 3.63) is 35.6 Å². The Morgan fingerprint density at radius 1 is 1.23 bits per heavy atom. The van der Waals surface area contributed by atoms with Gasteiger partial charge in [0.1, 0.15) is 5.82 Å². The molecule has 0 amide bonds. The normalized spacial score (nSPS) is 25.7. The second kappa shape index (κ2) is 6.56. The summed E-state index contributed by atoms with van der Waals surface area (Å²) in [6, 6.07) is 6.14. The van der Waals surface area contributed by atoms with E-state index in [1.807, 2.05) is 0 Å². The SMILES string of the molecule is Fc1ccc(C2CN(CC(F)F)CC3(CCNCC3)O2)cc1. The molecule has 2 heterocycles. The van der Waals surface area contributed by atoms with Crippen molar-refractivity contribution in [2.75, 3.05) is 32.7 Å². The molecule has 1 unspecified atom stereocenters. The summed E-state index contributed by atoms with van der Waals surface area (Å²) in [5.74, 6) is -0.305. The first-order valence-electron chi connectivity index (χ1n) is 7.71.